The van der Waals surface area contributed by atoms with Crippen LogP contribution in [0.25, 0.3) is 0 Å². The Morgan fingerprint density at radius 3 is 2.73 bits per heavy atom. The van der Waals surface area contributed by atoms with Crippen LogP contribution in [0.3, 0.4) is 0 Å². The molecule has 15 heavy (non-hydrogen) atoms. The highest BCUT2D eigenvalue weighted by molar-refractivity contribution is 7.98. The minimum atomic E-state index is 0.495. The summed E-state index contributed by atoms with van der Waals surface area (Å²) in [6, 6.07) is 4.54. The van der Waals surface area contributed by atoms with E-state index in [1.54, 1.807) is 0 Å². The first-order valence-corrected chi connectivity index (χ1v) is 6.84. The molecule has 1 heterocycles. The molecule has 0 fully saturated rings. The van der Waals surface area contributed by atoms with E-state index in [1.165, 1.54) is 0 Å². The highest BCUT2D eigenvalue weighted by Crippen LogP contribution is 2.15. The predicted octanol–water partition coefficient (Wildman–Crippen LogP) is 3.01. The molecule has 84 valence electrons. The van der Waals surface area contributed by atoms with Crippen molar-refractivity contribution < 1.29 is 0 Å². The van der Waals surface area contributed by atoms with Crippen LogP contribution in [0, 0.1) is 0 Å². The van der Waals surface area contributed by atoms with E-state index in [1.807, 2.05) is 30.1 Å². The molecule has 0 radical (unpaired) electrons. The SMILES string of the molecule is CSCC(C)N(C)c1ccc(CCl)cn1. The quantitative estimate of drug-likeness (QED) is 0.741. The van der Waals surface area contributed by atoms with E-state index in [2.05, 4.69) is 30.1 Å². The second kappa shape index (κ2) is 6.23. The maximum Gasteiger partial charge on any atom is 0.128 e. The Labute approximate surface area is 101 Å². The number of thioether (sulfide) groups is 1. The molecule has 0 bridgehead atoms. The molecule has 0 N–H and O–H groups in total. The molecule has 0 aliphatic carbocycles. The molecule has 0 aliphatic heterocycles. The Balaban J connectivity index is 2.69. The van der Waals surface area contributed by atoms with Gasteiger partial charge in [0, 0.05) is 30.9 Å². The van der Waals surface area contributed by atoms with Crippen LogP contribution < -0.4 is 4.90 Å². The summed E-state index contributed by atoms with van der Waals surface area (Å²) in [7, 11) is 2.07. The van der Waals surface area contributed by atoms with Gasteiger partial charge < -0.3 is 4.90 Å². The molecule has 0 saturated carbocycles. The summed E-state index contributed by atoms with van der Waals surface area (Å²) < 4.78 is 0. The van der Waals surface area contributed by atoms with Crippen molar-refractivity contribution in [3.63, 3.8) is 0 Å². The number of hydrogen-bond donors (Lipinski definition) is 0. The molecule has 0 amide bonds. The van der Waals surface area contributed by atoms with Crippen LogP contribution in [-0.2, 0) is 5.88 Å². The second-order valence-corrected chi connectivity index (χ2v) is 4.75. The van der Waals surface area contributed by atoms with Crippen molar-refractivity contribution in [1.82, 2.24) is 4.98 Å². The van der Waals surface area contributed by atoms with Crippen LogP contribution in [0.4, 0.5) is 5.82 Å². The predicted molar refractivity (Wildman–Crippen MR) is 70.0 cm³/mol. The maximum atomic E-state index is 5.71. The van der Waals surface area contributed by atoms with Crippen molar-refractivity contribution in [2.75, 3.05) is 24.0 Å². The minimum Gasteiger partial charge on any atom is -0.356 e. The summed E-state index contributed by atoms with van der Waals surface area (Å²) in [5.41, 5.74) is 1.06. The first-order chi connectivity index (χ1) is 7.19. The van der Waals surface area contributed by atoms with E-state index in [0.29, 0.717) is 11.9 Å². The highest BCUT2D eigenvalue weighted by atomic mass is 35.5. The molecule has 0 spiro atoms. The first kappa shape index (κ1) is 12.7. The molecular formula is C11H17ClN2S. The smallest absolute Gasteiger partial charge is 0.128 e. The van der Waals surface area contributed by atoms with Gasteiger partial charge in [-0.25, -0.2) is 4.98 Å². The van der Waals surface area contributed by atoms with Gasteiger partial charge in [0.15, 0.2) is 0 Å². The van der Waals surface area contributed by atoms with E-state index in [0.717, 1.165) is 17.1 Å². The highest BCUT2D eigenvalue weighted by Gasteiger charge is 2.09. The van der Waals surface area contributed by atoms with E-state index in [9.17, 15) is 0 Å². The molecule has 2 nitrogen and oxygen atoms in total. The molecule has 1 unspecified atom stereocenters. The van der Waals surface area contributed by atoms with Gasteiger partial charge >= 0.3 is 0 Å². The van der Waals surface area contributed by atoms with Crippen LogP contribution in [0.1, 0.15) is 12.5 Å². The lowest BCUT2D eigenvalue weighted by molar-refractivity contribution is 0.753. The number of nitrogens with zero attached hydrogens (tertiary/aromatic N) is 2. The molecule has 1 rings (SSSR count). The van der Waals surface area contributed by atoms with E-state index in [4.69, 9.17) is 11.6 Å². The van der Waals surface area contributed by atoms with Gasteiger partial charge in [0.2, 0.25) is 0 Å². The van der Waals surface area contributed by atoms with Crippen molar-refractivity contribution >= 4 is 29.2 Å². The monoisotopic (exact) mass is 244 g/mol. The van der Waals surface area contributed by atoms with Gasteiger partial charge in [-0.3, -0.25) is 0 Å². The van der Waals surface area contributed by atoms with Gasteiger partial charge in [-0.15, -0.1) is 11.6 Å². The zero-order chi connectivity index (χ0) is 11.3. The number of hydrogen-bond acceptors (Lipinski definition) is 3. The Kier molecular flexibility index (Phi) is 5.26. The summed E-state index contributed by atoms with van der Waals surface area (Å²) >= 11 is 7.56. The number of rotatable bonds is 5. The van der Waals surface area contributed by atoms with E-state index in [-0.39, 0.29) is 0 Å². The molecule has 1 aromatic heterocycles. The van der Waals surface area contributed by atoms with Crippen LogP contribution >= 0.6 is 23.4 Å². The van der Waals surface area contributed by atoms with Crippen molar-refractivity contribution in [2.24, 2.45) is 0 Å². The van der Waals surface area contributed by atoms with Crippen LogP contribution in [0.5, 0.6) is 0 Å². The number of alkyl halides is 1. The van der Waals surface area contributed by atoms with Gasteiger partial charge in [0.1, 0.15) is 5.82 Å². The lowest BCUT2D eigenvalue weighted by Crippen LogP contribution is -2.31. The Morgan fingerprint density at radius 2 is 2.27 bits per heavy atom. The van der Waals surface area contributed by atoms with Crippen LogP contribution in [0.15, 0.2) is 18.3 Å². The summed E-state index contributed by atoms with van der Waals surface area (Å²) in [5, 5.41) is 0. The molecular weight excluding hydrogens is 228 g/mol. The second-order valence-electron chi connectivity index (χ2n) is 3.57. The molecule has 1 atom stereocenters. The standard InChI is InChI=1S/C11H17ClN2S/c1-9(8-15-3)14(2)11-5-4-10(6-12)7-13-11/h4-5,7,9H,6,8H2,1-3H3. The molecule has 1 aromatic rings. The third-order valence-corrected chi connectivity index (χ3v) is 3.52. The third kappa shape index (κ3) is 3.58. The molecule has 0 saturated heterocycles. The van der Waals surface area contributed by atoms with Crippen molar-refractivity contribution in [2.45, 2.75) is 18.8 Å². The average molecular weight is 245 g/mol. The van der Waals surface area contributed by atoms with E-state index >= 15 is 0 Å². The fourth-order valence-corrected chi connectivity index (χ4v) is 2.15. The number of halogens is 1. The lowest BCUT2D eigenvalue weighted by Gasteiger charge is -2.25. The first-order valence-electron chi connectivity index (χ1n) is 4.91. The number of aromatic nitrogens is 1. The zero-order valence-corrected chi connectivity index (χ0v) is 11.0. The van der Waals surface area contributed by atoms with Crippen molar-refractivity contribution in [3.05, 3.63) is 23.9 Å². The Bertz CT molecular complexity index is 289. The average Bonchev–Trinajstić information content (AvgIpc) is 2.28. The fourth-order valence-electron chi connectivity index (χ4n) is 1.28. The number of pyridine rings is 1. The zero-order valence-electron chi connectivity index (χ0n) is 9.40. The minimum absolute atomic E-state index is 0.495. The third-order valence-electron chi connectivity index (χ3n) is 2.39. The van der Waals surface area contributed by atoms with Gasteiger partial charge in [-0.2, -0.15) is 11.8 Å². The van der Waals surface area contributed by atoms with Crippen molar-refractivity contribution in [1.29, 1.82) is 0 Å². The van der Waals surface area contributed by atoms with Crippen LogP contribution in [0.2, 0.25) is 0 Å². The van der Waals surface area contributed by atoms with E-state index < -0.39 is 0 Å². The normalized spacial score (nSPS) is 12.5. The van der Waals surface area contributed by atoms with Crippen molar-refractivity contribution in [3.8, 4) is 0 Å². The summed E-state index contributed by atoms with van der Waals surface area (Å²) in [4.78, 5) is 6.57. The summed E-state index contributed by atoms with van der Waals surface area (Å²) in [5.74, 6) is 2.64. The topological polar surface area (TPSA) is 16.1 Å². The molecule has 0 aromatic carbocycles. The summed E-state index contributed by atoms with van der Waals surface area (Å²) in [6.45, 7) is 2.20. The Hall–Kier alpha value is -0.410. The van der Waals surface area contributed by atoms with Gasteiger partial charge in [-0.05, 0) is 24.8 Å². The van der Waals surface area contributed by atoms with Crippen LogP contribution in [-0.4, -0.2) is 30.1 Å². The summed E-state index contributed by atoms with van der Waals surface area (Å²) in [6.07, 6.45) is 3.96. The fraction of sp³-hybridized carbons (Fsp3) is 0.545. The number of anilines is 1. The Morgan fingerprint density at radius 1 is 1.53 bits per heavy atom. The largest absolute Gasteiger partial charge is 0.356 e. The van der Waals surface area contributed by atoms with Gasteiger partial charge in [0.25, 0.3) is 0 Å². The molecule has 4 heteroatoms. The lowest BCUT2D eigenvalue weighted by atomic mass is 10.3. The maximum absolute atomic E-state index is 5.71. The van der Waals surface area contributed by atoms with Gasteiger partial charge in [-0.1, -0.05) is 6.07 Å². The molecule has 0 aliphatic rings. The van der Waals surface area contributed by atoms with Gasteiger partial charge in [0.05, 0.1) is 0 Å².